The van der Waals surface area contributed by atoms with Crippen molar-refractivity contribution in [3.05, 3.63) is 0 Å². The van der Waals surface area contributed by atoms with Crippen LogP contribution in [0.2, 0.25) is 0 Å². The maximum Gasteiger partial charge on any atom is -0.0272 e. The van der Waals surface area contributed by atoms with Crippen LogP contribution in [0.5, 0.6) is 0 Å². The molecule has 0 aliphatic heterocycles. The Hall–Kier alpha value is 0. The fourth-order valence-corrected chi connectivity index (χ4v) is 4.65. The van der Waals surface area contributed by atoms with Gasteiger partial charge in [-0.15, -0.1) is 0 Å². The summed E-state index contributed by atoms with van der Waals surface area (Å²) in [5, 5.41) is 0. The van der Waals surface area contributed by atoms with E-state index >= 15 is 0 Å². The second kappa shape index (κ2) is 6.96. The average molecular weight is 250 g/mol. The van der Waals surface area contributed by atoms with Crippen molar-refractivity contribution < 1.29 is 0 Å². The van der Waals surface area contributed by atoms with Gasteiger partial charge in [0.15, 0.2) is 0 Å². The summed E-state index contributed by atoms with van der Waals surface area (Å²) in [6.45, 7) is 4.94. The van der Waals surface area contributed by atoms with Crippen molar-refractivity contribution in [2.24, 2.45) is 17.3 Å². The number of hydrogen-bond acceptors (Lipinski definition) is 0. The highest BCUT2D eigenvalue weighted by Gasteiger charge is 2.36. The zero-order valence-corrected chi connectivity index (χ0v) is 12.8. The molecule has 2 aliphatic carbocycles. The standard InChI is InChI=1S/C18H34/c1-3-16(2)18(13-8-5-9-14-18)15-12-17-10-6-4-7-11-17/h16-17H,3-15H2,1-2H3. The molecule has 0 saturated heterocycles. The van der Waals surface area contributed by atoms with Gasteiger partial charge in [-0.1, -0.05) is 71.6 Å². The van der Waals surface area contributed by atoms with E-state index in [0.717, 1.165) is 17.3 Å². The second-order valence-electron chi connectivity index (χ2n) is 7.28. The first-order valence-electron chi connectivity index (χ1n) is 8.77. The second-order valence-corrected chi connectivity index (χ2v) is 7.28. The van der Waals surface area contributed by atoms with Crippen LogP contribution in [0.3, 0.4) is 0 Å². The SMILES string of the molecule is CCC(C)C1(CCC2CCCCC2)CCCCC1. The Balaban J connectivity index is 1.87. The Morgan fingerprint density at radius 3 is 2.17 bits per heavy atom. The van der Waals surface area contributed by atoms with E-state index in [4.69, 9.17) is 0 Å². The average Bonchev–Trinajstić information content (AvgIpc) is 2.46. The largest absolute Gasteiger partial charge is 0.0651 e. The van der Waals surface area contributed by atoms with Gasteiger partial charge >= 0.3 is 0 Å². The first kappa shape index (κ1) is 14.4. The topological polar surface area (TPSA) is 0 Å². The van der Waals surface area contributed by atoms with Gasteiger partial charge in [0.2, 0.25) is 0 Å². The Kier molecular flexibility index (Phi) is 5.57. The van der Waals surface area contributed by atoms with Crippen LogP contribution in [-0.2, 0) is 0 Å². The lowest BCUT2D eigenvalue weighted by Gasteiger charge is -2.43. The van der Waals surface area contributed by atoms with Crippen LogP contribution in [0.1, 0.15) is 97.3 Å². The lowest BCUT2D eigenvalue weighted by atomic mass is 9.62. The molecule has 2 aliphatic rings. The van der Waals surface area contributed by atoms with Crippen molar-refractivity contribution in [1.29, 1.82) is 0 Å². The van der Waals surface area contributed by atoms with Crippen LogP contribution >= 0.6 is 0 Å². The van der Waals surface area contributed by atoms with Crippen LogP contribution in [0.15, 0.2) is 0 Å². The van der Waals surface area contributed by atoms with Gasteiger partial charge in [-0.3, -0.25) is 0 Å². The molecule has 0 N–H and O–H groups in total. The van der Waals surface area contributed by atoms with Crippen LogP contribution in [-0.4, -0.2) is 0 Å². The van der Waals surface area contributed by atoms with Gasteiger partial charge in [0, 0.05) is 0 Å². The zero-order valence-electron chi connectivity index (χ0n) is 12.8. The summed E-state index contributed by atoms with van der Waals surface area (Å²) >= 11 is 0. The van der Waals surface area contributed by atoms with E-state index in [9.17, 15) is 0 Å². The smallest absolute Gasteiger partial charge is 0.0272 e. The van der Waals surface area contributed by atoms with Crippen molar-refractivity contribution in [3.63, 3.8) is 0 Å². The predicted molar refractivity (Wildman–Crippen MR) is 80.8 cm³/mol. The summed E-state index contributed by atoms with van der Waals surface area (Å²) in [4.78, 5) is 0. The third kappa shape index (κ3) is 3.52. The van der Waals surface area contributed by atoms with Gasteiger partial charge in [-0.05, 0) is 42.9 Å². The molecule has 2 rings (SSSR count). The first-order chi connectivity index (χ1) is 8.77. The van der Waals surface area contributed by atoms with Crippen molar-refractivity contribution in [1.82, 2.24) is 0 Å². The third-order valence-corrected chi connectivity index (χ3v) is 6.28. The molecule has 18 heavy (non-hydrogen) atoms. The van der Waals surface area contributed by atoms with Crippen LogP contribution in [0.4, 0.5) is 0 Å². The van der Waals surface area contributed by atoms with E-state index < -0.39 is 0 Å². The highest BCUT2D eigenvalue weighted by molar-refractivity contribution is 4.87. The summed E-state index contributed by atoms with van der Waals surface area (Å²) < 4.78 is 0. The van der Waals surface area contributed by atoms with Gasteiger partial charge in [0.05, 0.1) is 0 Å². The van der Waals surface area contributed by atoms with Gasteiger partial charge in [0.25, 0.3) is 0 Å². The van der Waals surface area contributed by atoms with E-state index in [0.29, 0.717) is 0 Å². The monoisotopic (exact) mass is 250 g/mol. The van der Waals surface area contributed by atoms with Gasteiger partial charge in [-0.25, -0.2) is 0 Å². The molecular formula is C18H34. The molecular weight excluding hydrogens is 216 g/mol. The van der Waals surface area contributed by atoms with E-state index in [1.54, 1.807) is 12.8 Å². The van der Waals surface area contributed by atoms with Gasteiger partial charge < -0.3 is 0 Å². The van der Waals surface area contributed by atoms with E-state index in [1.165, 1.54) is 70.6 Å². The molecule has 0 heterocycles. The zero-order chi connectivity index (χ0) is 12.8. The third-order valence-electron chi connectivity index (χ3n) is 6.28. The lowest BCUT2D eigenvalue weighted by Crippen LogP contribution is -2.32. The summed E-state index contributed by atoms with van der Waals surface area (Å²) in [7, 11) is 0. The molecule has 0 aromatic heterocycles. The molecule has 0 aromatic carbocycles. The fraction of sp³-hybridized carbons (Fsp3) is 1.00. The quantitative estimate of drug-likeness (QED) is 0.534. The number of rotatable bonds is 5. The maximum absolute atomic E-state index is 2.53. The Morgan fingerprint density at radius 2 is 1.56 bits per heavy atom. The Bertz CT molecular complexity index is 218. The highest BCUT2D eigenvalue weighted by atomic mass is 14.4. The molecule has 2 fully saturated rings. The highest BCUT2D eigenvalue weighted by Crippen LogP contribution is 2.48. The van der Waals surface area contributed by atoms with Crippen molar-refractivity contribution in [2.45, 2.75) is 97.3 Å². The summed E-state index contributed by atoms with van der Waals surface area (Å²) in [6.07, 6.45) is 19.7. The van der Waals surface area contributed by atoms with E-state index in [-0.39, 0.29) is 0 Å². The van der Waals surface area contributed by atoms with Gasteiger partial charge in [-0.2, -0.15) is 0 Å². The normalized spacial score (nSPS) is 27.0. The molecule has 2 saturated carbocycles. The minimum absolute atomic E-state index is 0.741. The van der Waals surface area contributed by atoms with Crippen LogP contribution in [0.25, 0.3) is 0 Å². The maximum atomic E-state index is 2.53. The molecule has 0 amide bonds. The molecule has 0 aromatic rings. The molecule has 0 nitrogen and oxygen atoms in total. The lowest BCUT2D eigenvalue weighted by molar-refractivity contribution is 0.0792. The first-order valence-corrected chi connectivity index (χ1v) is 8.77. The van der Waals surface area contributed by atoms with Crippen molar-refractivity contribution in [2.75, 3.05) is 0 Å². The summed E-state index contributed by atoms with van der Waals surface area (Å²) in [5.74, 6) is 2.04. The molecule has 0 heteroatoms. The fourth-order valence-electron chi connectivity index (χ4n) is 4.65. The molecule has 1 unspecified atom stereocenters. The Labute approximate surface area is 115 Å². The van der Waals surface area contributed by atoms with Crippen molar-refractivity contribution in [3.8, 4) is 0 Å². The number of hydrogen-bond donors (Lipinski definition) is 0. The minimum atomic E-state index is 0.741. The summed E-state index contributed by atoms with van der Waals surface area (Å²) in [5.41, 5.74) is 0.741. The Morgan fingerprint density at radius 1 is 0.944 bits per heavy atom. The minimum Gasteiger partial charge on any atom is -0.0651 e. The van der Waals surface area contributed by atoms with E-state index in [1.807, 2.05) is 0 Å². The van der Waals surface area contributed by atoms with Crippen molar-refractivity contribution >= 4 is 0 Å². The molecule has 0 bridgehead atoms. The summed E-state index contributed by atoms with van der Waals surface area (Å²) in [6, 6.07) is 0. The van der Waals surface area contributed by atoms with Crippen LogP contribution < -0.4 is 0 Å². The molecule has 0 radical (unpaired) electrons. The molecule has 0 spiro atoms. The van der Waals surface area contributed by atoms with E-state index in [2.05, 4.69) is 13.8 Å². The molecule has 1 atom stereocenters. The molecule has 106 valence electrons. The van der Waals surface area contributed by atoms with Gasteiger partial charge in [0.1, 0.15) is 0 Å². The van der Waals surface area contributed by atoms with Crippen LogP contribution in [0, 0.1) is 17.3 Å². The predicted octanol–water partition coefficient (Wildman–Crippen LogP) is 6.34.